The Hall–Kier alpha value is -2.75. The number of rotatable bonds is 5. The molecule has 3 aromatic rings. The number of anilines is 1. The number of hydrogen-bond acceptors (Lipinski definition) is 4. The van der Waals surface area contributed by atoms with Crippen molar-refractivity contribution < 1.29 is 18.0 Å². The van der Waals surface area contributed by atoms with E-state index in [9.17, 15) is 18.0 Å². The average Bonchev–Trinajstić information content (AvgIpc) is 3.35. The number of nitrogens with zero attached hydrogens (tertiary/aromatic N) is 4. The zero-order chi connectivity index (χ0) is 22.8. The second-order valence-electron chi connectivity index (χ2n) is 6.51. The van der Waals surface area contributed by atoms with E-state index in [1.807, 2.05) is 0 Å². The first-order chi connectivity index (χ1) is 15.3. The maximum atomic E-state index is 14.5. The second-order valence-corrected chi connectivity index (χ2v) is 8.26. The highest BCUT2D eigenvalue weighted by atomic mass is 35.5. The molecule has 1 aliphatic heterocycles. The van der Waals surface area contributed by atoms with Gasteiger partial charge < -0.3 is 0 Å². The molecule has 4 rings (SSSR count). The summed E-state index contributed by atoms with van der Waals surface area (Å²) in [6.07, 6.45) is 3.91. The van der Waals surface area contributed by atoms with Gasteiger partial charge >= 0.3 is 6.55 Å². The fourth-order valence-corrected chi connectivity index (χ4v) is 4.22. The molecule has 1 aliphatic rings. The fourth-order valence-electron chi connectivity index (χ4n) is 2.96. The molecule has 0 spiro atoms. The van der Waals surface area contributed by atoms with Gasteiger partial charge in [-0.3, -0.25) is 14.3 Å². The molecule has 2 aromatic carbocycles. The van der Waals surface area contributed by atoms with Gasteiger partial charge in [-0.2, -0.15) is 8.78 Å². The first-order valence-corrected chi connectivity index (χ1v) is 10.9. The van der Waals surface area contributed by atoms with Crippen molar-refractivity contribution in [3.8, 4) is 0 Å². The Morgan fingerprint density at radius 3 is 2.62 bits per heavy atom. The van der Waals surface area contributed by atoms with Crippen molar-refractivity contribution in [2.45, 2.75) is 12.3 Å². The summed E-state index contributed by atoms with van der Waals surface area (Å²) in [5.41, 5.74) is 0.601. The van der Waals surface area contributed by atoms with Crippen molar-refractivity contribution >= 4 is 57.8 Å². The summed E-state index contributed by atoms with van der Waals surface area (Å²) in [7, 11) is 0. The maximum absolute atomic E-state index is 14.5. The summed E-state index contributed by atoms with van der Waals surface area (Å²) in [5, 5.41) is 0.791. The normalized spacial score (nSPS) is 15.2. The van der Waals surface area contributed by atoms with Crippen molar-refractivity contribution in [3.63, 3.8) is 0 Å². The van der Waals surface area contributed by atoms with Gasteiger partial charge in [0.05, 0.1) is 21.5 Å². The van der Waals surface area contributed by atoms with Crippen molar-refractivity contribution in [3.05, 3.63) is 87.8 Å². The van der Waals surface area contributed by atoms with Gasteiger partial charge in [0, 0.05) is 12.4 Å². The van der Waals surface area contributed by atoms with Gasteiger partial charge in [0.15, 0.2) is 5.17 Å². The van der Waals surface area contributed by atoms with Gasteiger partial charge in [-0.05, 0) is 35.9 Å². The molecule has 1 amide bonds. The van der Waals surface area contributed by atoms with Gasteiger partial charge in [0.2, 0.25) is 0 Å². The molecular weight excluding hydrogens is 484 g/mol. The number of amidine groups is 1. The van der Waals surface area contributed by atoms with E-state index in [1.54, 1.807) is 24.3 Å². The minimum atomic E-state index is -2.76. The van der Waals surface area contributed by atoms with Crippen LogP contribution in [0.4, 0.5) is 18.9 Å². The Bertz CT molecular complexity index is 1250. The van der Waals surface area contributed by atoms with Gasteiger partial charge in [0.25, 0.3) is 5.91 Å². The second kappa shape index (κ2) is 9.40. The summed E-state index contributed by atoms with van der Waals surface area (Å²) in [5.74, 6) is -1.11. The molecule has 2 heterocycles. The minimum Gasteiger partial charge on any atom is -0.277 e. The lowest BCUT2D eigenvalue weighted by Gasteiger charge is -2.18. The highest BCUT2D eigenvalue weighted by Crippen LogP contribution is 2.33. The van der Waals surface area contributed by atoms with E-state index in [4.69, 9.17) is 23.2 Å². The van der Waals surface area contributed by atoms with Crippen molar-refractivity contribution in [2.75, 3.05) is 4.90 Å². The van der Waals surface area contributed by atoms with Crippen molar-refractivity contribution in [1.82, 2.24) is 9.55 Å². The summed E-state index contributed by atoms with van der Waals surface area (Å²) < 4.78 is 41.5. The van der Waals surface area contributed by atoms with E-state index < -0.39 is 18.3 Å². The third-order valence-electron chi connectivity index (χ3n) is 4.46. The predicted octanol–water partition coefficient (Wildman–Crippen LogP) is 6.40. The molecule has 0 aliphatic carbocycles. The number of carbonyl (C=O) groups is 1. The number of thioether (sulfide) groups is 1. The fraction of sp³-hybridized carbons (Fsp3) is 0.0952. The number of imidazole rings is 1. The van der Waals surface area contributed by atoms with Gasteiger partial charge in [0.1, 0.15) is 17.3 Å². The Balaban J connectivity index is 1.70. The molecule has 32 heavy (non-hydrogen) atoms. The maximum Gasteiger partial charge on any atom is 0.319 e. The third kappa shape index (κ3) is 4.55. The van der Waals surface area contributed by atoms with Crippen LogP contribution in [0.1, 0.15) is 17.9 Å². The first kappa shape index (κ1) is 22.4. The number of aromatic nitrogens is 2. The average molecular weight is 497 g/mol. The highest BCUT2D eigenvalue weighted by Gasteiger charge is 2.34. The van der Waals surface area contributed by atoms with Crippen LogP contribution in [0.2, 0.25) is 10.0 Å². The number of hydrogen-bond donors (Lipinski definition) is 0. The van der Waals surface area contributed by atoms with Gasteiger partial charge in [-0.1, -0.05) is 53.2 Å². The number of alkyl halides is 2. The van der Waals surface area contributed by atoms with Crippen LogP contribution in [0.5, 0.6) is 0 Å². The van der Waals surface area contributed by atoms with Crippen LogP contribution in [0.25, 0.3) is 6.08 Å². The highest BCUT2D eigenvalue weighted by molar-refractivity contribution is 8.13. The number of carbonyl (C=O) groups excluding carboxylic acids is 1. The molecular formula is C21H13Cl2F3N4OS. The van der Waals surface area contributed by atoms with Gasteiger partial charge in [-0.15, -0.1) is 0 Å². The SMILES string of the molecule is O=C1/C(=C/c2ccc(Cl)c(Cl)c2)N=C(SCc2nccn2C(F)F)N1c1ccccc1F. The predicted molar refractivity (Wildman–Crippen MR) is 121 cm³/mol. The quantitative estimate of drug-likeness (QED) is 0.384. The summed E-state index contributed by atoms with van der Waals surface area (Å²) in [6, 6.07) is 10.5. The third-order valence-corrected chi connectivity index (χ3v) is 6.13. The van der Waals surface area contributed by atoms with E-state index in [2.05, 4.69) is 9.98 Å². The summed E-state index contributed by atoms with van der Waals surface area (Å²) >= 11 is 13.0. The van der Waals surface area contributed by atoms with Crippen LogP contribution < -0.4 is 4.90 Å². The Morgan fingerprint density at radius 2 is 1.91 bits per heavy atom. The lowest BCUT2D eigenvalue weighted by Crippen LogP contribution is -2.31. The Kier molecular flexibility index (Phi) is 6.59. The first-order valence-electron chi connectivity index (χ1n) is 9.12. The molecule has 0 radical (unpaired) electrons. The molecule has 0 unspecified atom stereocenters. The number of aliphatic imine (C=N–C) groups is 1. The van der Waals surface area contributed by atoms with Crippen LogP contribution >= 0.6 is 35.0 Å². The summed E-state index contributed by atoms with van der Waals surface area (Å²) in [4.78, 5) is 22.5. The monoisotopic (exact) mass is 496 g/mol. The number of amides is 1. The molecule has 0 N–H and O–H groups in total. The van der Waals surface area contributed by atoms with Crippen LogP contribution in [0.3, 0.4) is 0 Å². The number of halogens is 5. The topological polar surface area (TPSA) is 50.5 Å². The lowest BCUT2D eigenvalue weighted by molar-refractivity contribution is -0.113. The summed E-state index contributed by atoms with van der Waals surface area (Å²) in [6.45, 7) is -2.76. The zero-order valence-electron chi connectivity index (χ0n) is 16.1. The molecule has 5 nitrogen and oxygen atoms in total. The molecule has 0 fully saturated rings. The minimum absolute atomic E-state index is 0.00140. The Morgan fingerprint density at radius 1 is 1.12 bits per heavy atom. The van der Waals surface area contributed by atoms with E-state index in [-0.39, 0.29) is 28.1 Å². The number of para-hydroxylation sites is 1. The molecule has 0 bridgehead atoms. The zero-order valence-corrected chi connectivity index (χ0v) is 18.4. The number of benzene rings is 2. The van der Waals surface area contributed by atoms with E-state index in [0.29, 0.717) is 20.2 Å². The molecule has 0 saturated heterocycles. The largest absolute Gasteiger partial charge is 0.319 e. The standard InChI is InChI=1S/C21H13Cl2F3N4OS/c22-13-6-5-12(9-14(13)23)10-16-19(31)30(17-4-2-1-3-15(17)24)21(28-16)32-11-18-27-7-8-29(18)20(25)26/h1-10,20H,11H2/b16-10-. The van der Waals surface area contributed by atoms with Crippen molar-refractivity contribution in [2.24, 2.45) is 4.99 Å². The van der Waals surface area contributed by atoms with E-state index in [0.717, 1.165) is 22.9 Å². The van der Waals surface area contributed by atoms with Crippen LogP contribution in [-0.2, 0) is 10.5 Å². The van der Waals surface area contributed by atoms with Gasteiger partial charge in [-0.25, -0.2) is 14.4 Å². The van der Waals surface area contributed by atoms with E-state index in [1.165, 1.54) is 30.5 Å². The van der Waals surface area contributed by atoms with Crippen LogP contribution in [0.15, 0.2) is 65.5 Å². The smallest absolute Gasteiger partial charge is 0.277 e. The van der Waals surface area contributed by atoms with Crippen LogP contribution in [-0.4, -0.2) is 20.6 Å². The molecule has 1 aromatic heterocycles. The van der Waals surface area contributed by atoms with E-state index >= 15 is 0 Å². The van der Waals surface area contributed by atoms with Crippen molar-refractivity contribution in [1.29, 1.82) is 0 Å². The molecule has 11 heteroatoms. The Labute approximate surface area is 195 Å². The molecule has 164 valence electrons. The molecule has 0 atom stereocenters. The van der Waals surface area contributed by atoms with Crippen LogP contribution in [0, 0.1) is 5.82 Å². The molecule has 0 saturated carbocycles. The lowest BCUT2D eigenvalue weighted by atomic mass is 10.2.